The monoisotopic (exact) mass is 464 g/mol. The van der Waals surface area contributed by atoms with E-state index in [2.05, 4.69) is 87.3 Å². The van der Waals surface area contributed by atoms with Crippen LogP contribution in [0.25, 0.3) is 0 Å². The van der Waals surface area contributed by atoms with Gasteiger partial charge in [-0.25, -0.2) is 0 Å². The van der Waals surface area contributed by atoms with Crippen LogP contribution in [0.3, 0.4) is 0 Å². The summed E-state index contributed by atoms with van der Waals surface area (Å²) < 4.78 is 2.09. The molecule has 0 atom stereocenters. The lowest BCUT2D eigenvalue weighted by molar-refractivity contribution is 0.686. The van der Waals surface area contributed by atoms with Gasteiger partial charge in [0.25, 0.3) is 0 Å². The highest BCUT2D eigenvalue weighted by molar-refractivity contribution is 6.33. The summed E-state index contributed by atoms with van der Waals surface area (Å²) in [7, 11) is 2.09. The number of halogens is 1. The van der Waals surface area contributed by atoms with Crippen molar-refractivity contribution in [2.24, 2.45) is 7.05 Å². The van der Waals surface area contributed by atoms with Gasteiger partial charge >= 0.3 is 0 Å². The number of aromatic nitrogens is 2. The zero-order valence-electron chi connectivity index (χ0n) is 21.2. The Balaban J connectivity index is 1.76. The lowest BCUT2D eigenvalue weighted by Crippen LogP contribution is -2.29. The van der Waals surface area contributed by atoms with Crippen molar-refractivity contribution in [2.75, 3.05) is 22.9 Å². The minimum absolute atomic E-state index is 0.809. The average Bonchev–Trinajstić information content (AvgIpc) is 3.07. The summed E-state index contributed by atoms with van der Waals surface area (Å²) in [6.07, 6.45) is 3.23. The summed E-state index contributed by atoms with van der Waals surface area (Å²) >= 11 is 6.76. The molecule has 0 aliphatic carbocycles. The van der Waals surface area contributed by atoms with Crippen LogP contribution in [0.2, 0.25) is 5.02 Å². The first-order chi connectivity index (χ1) is 15.7. The number of nitrogens with zero attached hydrogens (tertiary/aromatic N) is 4. The second kappa shape index (κ2) is 9.42. The molecule has 0 spiro atoms. The molecule has 0 N–H and O–H groups in total. The van der Waals surface area contributed by atoms with Crippen LogP contribution < -0.4 is 9.80 Å². The third kappa shape index (κ3) is 4.50. The Bertz CT molecular complexity index is 1130. The molecule has 4 nitrogen and oxygen atoms in total. The Morgan fingerprint density at radius 1 is 1.00 bits per heavy atom. The summed E-state index contributed by atoms with van der Waals surface area (Å²) in [5, 5.41) is 5.86. The fraction of sp³-hybridized carbons (Fsp3) is 0.464. The van der Waals surface area contributed by atoms with E-state index < -0.39 is 0 Å². The first-order valence-electron chi connectivity index (χ1n) is 12.1. The molecule has 0 fully saturated rings. The predicted molar refractivity (Wildman–Crippen MR) is 141 cm³/mol. The molecule has 2 heterocycles. The molecule has 0 radical (unpaired) electrons. The number of fused-ring (bicyclic) bond motifs is 1. The molecule has 0 saturated carbocycles. The molecule has 0 amide bonds. The third-order valence-corrected chi connectivity index (χ3v) is 7.26. The number of hydrogen-bond acceptors (Lipinski definition) is 3. The van der Waals surface area contributed by atoms with E-state index in [0.29, 0.717) is 0 Å². The van der Waals surface area contributed by atoms with Gasteiger partial charge in [-0.1, -0.05) is 36.7 Å². The zero-order chi connectivity index (χ0) is 23.9. The van der Waals surface area contributed by atoms with Crippen LogP contribution in [0.4, 0.5) is 17.3 Å². The number of anilines is 3. The van der Waals surface area contributed by atoms with Crippen molar-refractivity contribution in [3.05, 3.63) is 68.2 Å². The lowest BCUT2D eigenvalue weighted by atomic mass is 10.00. The van der Waals surface area contributed by atoms with Gasteiger partial charge in [0.05, 0.1) is 10.7 Å². The first kappa shape index (κ1) is 23.7. The van der Waals surface area contributed by atoms with Gasteiger partial charge < -0.3 is 9.80 Å². The van der Waals surface area contributed by atoms with Crippen LogP contribution in [-0.2, 0) is 20.0 Å². The molecule has 176 valence electrons. The van der Waals surface area contributed by atoms with E-state index in [1.807, 2.05) is 0 Å². The summed E-state index contributed by atoms with van der Waals surface area (Å²) in [6, 6.07) is 8.96. The molecule has 2 aromatic carbocycles. The Kier molecular flexibility index (Phi) is 6.76. The summed E-state index contributed by atoms with van der Waals surface area (Å²) in [4.78, 5) is 4.85. The topological polar surface area (TPSA) is 24.3 Å². The molecular weight excluding hydrogens is 428 g/mol. The minimum Gasteiger partial charge on any atom is -0.352 e. The van der Waals surface area contributed by atoms with Crippen LogP contribution in [-0.4, -0.2) is 22.9 Å². The van der Waals surface area contributed by atoms with Crippen LogP contribution in [0, 0.1) is 34.6 Å². The maximum atomic E-state index is 6.76. The Morgan fingerprint density at radius 2 is 1.70 bits per heavy atom. The molecule has 4 rings (SSSR count). The molecule has 0 bridgehead atoms. The van der Waals surface area contributed by atoms with Gasteiger partial charge in [0.15, 0.2) is 5.82 Å². The smallest absolute Gasteiger partial charge is 0.160 e. The molecular formula is C28H37ClN4. The summed E-state index contributed by atoms with van der Waals surface area (Å²) in [5.74, 6) is 2.30. The van der Waals surface area contributed by atoms with Crippen LogP contribution >= 0.6 is 11.6 Å². The Labute approximate surface area is 204 Å². The molecule has 5 heteroatoms. The molecule has 0 unspecified atom stereocenters. The molecule has 3 aromatic rings. The second-order valence-corrected chi connectivity index (χ2v) is 10.1. The number of hydrogen-bond donors (Lipinski definition) is 0. The summed E-state index contributed by atoms with van der Waals surface area (Å²) in [6.45, 7) is 16.0. The minimum atomic E-state index is 0.809. The number of rotatable bonds is 6. The van der Waals surface area contributed by atoms with E-state index in [1.165, 1.54) is 44.8 Å². The fourth-order valence-electron chi connectivity index (χ4n) is 5.34. The molecule has 1 aliphatic rings. The number of aryl methyl sites for hydroxylation is 5. The first-order valence-corrected chi connectivity index (χ1v) is 12.5. The van der Waals surface area contributed by atoms with E-state index in [4.69, 9.17) is 16.7 Å². The Morgan fingerprint density at radius 3 is 2.33 bits per heavy atom. The molecule has 0 saturated heterocycles. The normalized spacial score (nSPS) is 13.4. The van der Waals surface area contributed by atoms with Gasteiger partial charge in [-0.3, -0.25) is 4.68 Å². The van der Waals surface area contributed by atoms with Crippen molar-refractivity contribution in [3.8, 4) is 0 Å². The maximum absolute atomic E-state index is 6.76. The SMILES string of the molecule is CCCN(Cc1cc(C)c(C)c(C)c1)c1c2c(nn1C)N(c1c(C)cc(C)cc1Cl)CCC2. The maximum Gasteiger partial charge on any atom is 0.160 e. The fourth-order valence-corrected chi connectivity index (χ4v) is 5.76. The average molecular weight is 465 g/mol. The van der Waals surface area contributed by atoms with Crippen molar-refractivity contribution < 1.29 is 0 Å². The van der Waals surface area contributed by atoms with E-state index in [9.17, 15) is 0 Å². The lowest BCUT2D eigenvalue weighted by Gasteiger charge is -2.31. The van der Waals surface area contributed by atoms with Crippen LogP contribution in [0.15, 0.2) is 24.3 Å². The van der Waals surface area contributed by atoms with Crippen molar-refractivity contribution in [3.63, 3.8) is 0 Å². The van der Waals surface area contributed by atoms with E-state index in [1.54, 1.807) is 0 Å². The third-order valence-electron chi connectivity index (χ3n) is 6.98. The van der Waals surface area contributed by atoms with Gasteiger partial charge in [0, 0.05) is 32.2 Å². The quantitative estimate of drug-likeness (QED) is 0.388. The molecule has 1 aliphatic heterocycles. The van der Waals surface area contributed by atoms with Crippen LogP contribution in [0.5, 0.6) is 0 Å². The van der Waals surface area contributed by atoms with E-state index >= 15 is 0 Å². The van der Waals surface area contributed by atoms with E-state index in [-0.39, 0.29) is 0 Å². The second-order valence-electron chi connectivity index (χ2n) is 9.69. The Hall–Kier alpha value is -2.46. The highest BCUT2D eigenvalue weighted by Gasteiger charge is 2.30. The summed E-state index contributed by atoms with van der Waals surface area (Å²) in [5.41, 5.74) is 10.3. The van der Waals surface area contributed by atoms with Crippen LogP contribution in [0.1, 0.15) is 58.7 Å². The van der Waals surface area contributed by atoms with Crippen molar-refractivity contribution in [2.45, 2.75) is 67.3 Å². The molecule has 1 aromatic heterocycles. The highest BCUT2D eigenvalue weighted by Crippen LogP contribution is 2.42. The van der Waals surface area contributed by atoms with Crippen molar-refractivity contribution in [1.29, 1.82) is 0 Å². The van der Waals surface area contributed by atoms with Gasteiger partial charge in [-0.2, -0.15) is 5.10 Å². The number of benzene rings is 2. The van der Waals surface area contributed by atoms with Gasteiger partial charge in [-0.15, -0.1) is 0 Å². The van der Waals surface area contributed by atoms with Crippen molar-refractivity contribution >= 4 is 28.9 Å². The predicted octanol–water partition coefficient (Wildman–Crippen LogP) is 7.12. The zero-order valence-corrected chi connectivity index (χ0v) is 22.0. The van der Waals surface area contributed by atoms with E-state index in [0.717, 1.165) is 55.4 Å². The molecule has 33 heavy (non-hydrogen) atoms. The van der Waals surface area contributed by atoms with Crippen molar-refractivity contribution in [1.82, 2.24) is 9.78 Å². The van der Waals surface area contributed by atoms with Gasteiger partial charge in [-0.05, 0) is 93.3 Å². The largest absolute Gasteiger partial charge is 0.352 e. The van der Waals surface area contributed by atoms with Gasteiger partial charge in [0.1, 0.15) is 5.82 Å². The standard InChI is InChI=1S/C28H37ClN4/c1-8-11-32(17-23-15-19(3)22(6)20(4)16-23)28-24-10-9-12-33(27(24)30-31(28)7)26-21(5)13-18(2)14-25(26)29/h13-16H,8-12,17H2,1-7H3. The van der Waals surface area contributed by atoms with Gasteiger partial charge in [0.2, 0.25) is 0 Å². The highest BCUT2D eigenvalue weighted by atomic mass is 35.5.